The molecule has 0 saturated carbocycles. The van der Waals surface area contributed by atoms with Gasteiger partial charge in [-0.1, -0.05) is 12.1 Å². The van der Waals surface area contributed by atoms with Crippen LogP contribution in [0.3, 0.4) is 0 Å². The average molecular weight is 283 g/mol. The zero-order chi connectivity index (χ0) is 15.2. The summed E-state index contributed by atoms with van der Waals surface area (Å²) < 4.78 is 5.14. The molecule has 1 heterocycles. The van der Waals surface area contributed by atoms with E-state index in [2.05, 4.69) is 4.98 Å². The van der Waals surface area contributed by atoms with Crippen LogP contribution in [-0.4, -0.2) is 22.0 Å². The molecule has 5 heteroatoms. The predicted molar refractivity (Wildman–Crippen MR) is 76.9 cm³/mol. The molecule has 0 spiro atoms. The smallest absolute Gasteiger partial charge is 0.339 e. The first-order valence-electron chi connectivity index (χ1n) is 6.21. The van der Waals surface area contributed by atoms with Gasteiger partial charge in [0.05, 0.1) is 0 Å². The van der Waals surface area contributed by atoms with Crippen LogP contribution in [0, 0.1) is 0 Å². The highest BCUT2D eigenvalue weighted by Crippen LogP contribution is 2.19. The molecule has 1 N–H and O–H groups in total. The number of aromatic nitrogens is 1. The number of hydrogen-bond donors (Lipinski definition) is 1. The number of hydrogen-bond acceptors (Lipinski definition) is 4. The first-order valence-corrected chi connectivity index (χ1v) is 6.21. The number of para-hydroxylation sites is 1. The number of esters is 1. The largest absolute Gasteiger partial charge is 0.478 e. The number of carbonyl (C=O) groups is 2. The number of carboxylic acid groups (broad SMARTS) is 1. The van der Waals surface area contributed by atoms with E-state index < -0.39 is 11.9 Å². The number of rotatable bonds is 4. The molecule has 0 fully saturated rings. The van der Waals surface area contributed by atoms with E-state index in [4.69, 9.17) is 9.84 Å². The van der Waals surface area contributed by atoms with Crippen molar-refractivity contribution in [1.82, 2.24) is 4.98 Å². The van der Waals surface area contributed by atoms with Crippen molar-refractivity contribution in [3.8, 4) is 5.75 Å². The second kappa shape index (κ2) is 6.47. The molecular weight excluding hydrogens is 270 g/mol. The van der Waals surface area contributed by atoms with Crippen LogP contribution >= 0.6 is 0 Å². The Balaban J connectivity index is 2.19. The lowest BCUT2D eigenvalue weighted by Gasteiger charge is -2.07. The van der Waals surface area contributed by atoms with Gasteiger partial charge in [0.1, 0.15) is 11.3 Å². The fraction of sp³-hybridized carbons (Fsp3) is 0.0625. The van der Waals surface area contributed by atoms with E-state index in [1.54, 1.807) is 49.7 Å². The van der Waals surface area contributed by atoms with Crippen LogP contribution in [0.15, 0.2) is 54.4 Å². The Hall–Kier alpha value is -2.95. The molecule has 0 unspecified atom stereocenters. The normalized spacial score (nSPS) is 11.0. The molecule has 2 rings (SSSR count). The Morgan fingerprint density at radius 3 is 2.48 bits per heavy atom. The van der Waals surface area contributed by atoms with E-state index in [0.29, 0.717) is 5.57 Å². The monoisotopic (exact) mass is 283 g/mol. The van der Waals surface area contributed by atoms with Crippen molar-refractivity contribution >= 4 is 18.0 Å². The standard InChI is InChI=1S/C16H13NO4/c1-11(10-12-6-8-17-9-7-12)16(20)21-14-5-3-2-4-13(14)15(18)19/h2-10H,1H3,(H,18,19). The van der Waals surface area contributed by atoms with E-state index in [0.717, 1.165) is 5.56 Å². The lowest BCUT2D eigenvalue weighted by Crippen LogP contribution is -2.12. The molecule has 5 nitrogen and oxygen atoms in total. The van der Waals surface area contributed by atoms with Crippen LogP contribution < -0.4 is 4.74 Å². The van der Waals surface area contributed by atoms with Gasteiger partial charge in [0.2, 0.25) is 0 Å². The average Bonchev–Trinajstić information content (AvgIpc) is 2.48. The minimum Gasteiger partial charge on any atom is -0.478 e. The van der Waals surface area contributed by atoms with E-state index >= 15 is 0 Å². The van der Waals surface area contributed by atoms with Gasteiger partial charge in [0, 0.05) is 18.0 Å². The summed E-state index contributed by atoms with van der Waals surface area (Å²) in [6, 6.07) is 9.51. The van der Waals surface area contributed by atoms with Gasteiger partial charge in [-0.3, -0.25) is 4.98 Å². The number of nitrogens with zero attached hydrogens (tertiary/aromatic N) is 1. The van der Waals surface area contributed by atoms with E-state index in [1.807, 2.05) is 0 Å². The van der Waals surface area contributed by atoms with Crippen molar-refractivity contribution in [1.29, 1.82) is 0 Å². The van der Waals surface area contributed by atoms with Crippen LogP contribution in [0.5, 0.6) is 5.75 Å². The molecule has 0 aliphatic carbocycles. The molecule has 106 valence electrons. The predicted octanol–water partition coefficient (Wildman–Crippen LogP) is 2.79. The zero-order valence-corrected chi connectivity index (χ0v) is 11.3. The van der Waals surface area contributed by atoms with Crippen molar-refractivity contribution in [3.63, 3.8) is 0 Å². The number of carbonyl (C=O) groups excluding carboxylic acids is 1. The number of pyridine rings is 1. The summed E-state index contributed by atoms with van der Waals surface area (Å²) in [5.41, 5.74) is 1.12. The highest BCUT2D eigenvalue weighted by Gasteiger charge is 2.14. The quantitative estimate of drug-likeness (QED) is 0.530. The third-order valence-corrected chi connectivity index (χ3v) is 2.73. The third kappa shape index (κ3) is 3.76. The molecule has 1 aromatic heterocycles. The van der Waals surface area contributed by atoms with Crippen molar-refractivity contribution < 1.29 is 19.4 Å². The van der Waals surface area contributed by atoms with Crippen LogP contribution in [0.25, 0.3) is 6.08 Å². The molecule has 0 amide bonds. The van der Waals surface area contributed by atoms with E-state index in [1.165, 1.54) is 12.1 Å². The summed E-state index contributed by atoms with van der Waals surface area (Å²) in [5, 5.41) is 9.04. The van der Waals surface area contributed by atoms with Crippen molar-refractivity contribution in [2.75, 3.05) is 0 Å². The summed E-state index contributed by atoms with van der Waals surface area (Å²) in [7, 11) is 0. The fourth-order valence-corrected chi connectivity index (χ4v) is 1.68. The number of aromatic carboxylic acids is 1. The summed E-state index contributed by atoms with van der Waals surface area (Å²) >= 11 is 0. The molecule has 2 aromatic rings. The maximum atomic E-state index is 12.0. The summed E-state index contributed by atoms with van der Waals surface area (Å²) in [6.07, 6.45) is 4.88. The van der Waals surface area contributed by atoms with Gasteiger partial charge in [0.25, 0.3) is 0 Å². The van der Waals surface area contributed by atoms with Crippen LogP contribution in [0.2, 0.25) is 0 Å². The van der Waals surface area contributed by atoms with Crippen LogP contribution in [0.1, 0.15) is 22.8 Å². The molecule has 0 aliphatic rings. The Labute approximate surface area is 121 Å². The van der Waals surface area contributed by atoms with Gasteiger partial charge < -0.3 is 9.84 Å². The lowest BCUT2D eigenvalue weighted by atomic mass is 10.1. The minimum absolute atomic E-state index is 0.0254. The third-order valence-electron chi connectivity index (χ3n) is 2.73. The number of carboxylic acids is 1. The lowest BCUT2D eigenvalue weighted by molar-refractivity contribution is -0.130. The van der Waals surface area contributed by atoms with Gasteiger partial charge in [-0.25, -0.2) is 9.59 Å². The maximum absolute atomic E-state index is 12.0. The molecule has 0 saturated heterocycles. The van der Waals surface area contributed by atoms with Gasteiger partial charge in [0.15, 0.2) is 0 Å². The Morgan fingerprint density at radius 2 is 1.81 bits per heavy atom. The second-order valence-electron chi connectivity index (χ2n) is 4.30. The van der Waals surface area contributed by atoms with Gasteiger partial charge >= 0.3 is 11.9 Å². The Morgan fingerprint density at radius 1 is 1.14 bits per heavy atom. The Bertz CT molecular complexity index is 692. The molecule has 0 aliphatic heterocycles. The van der Waals surface area contributed by atoms with Gasteiger partial charge in [-0.15, -0.1) is 0 Å². The summed E-state index contributed by atoms with van der Waals surface area (Å²) in [6.45, 7) is 1.60. The van der Waals surface area contributed by atoms with Crippen LogP contribution in [-0.2, 0) is 4.79 Å². The minimum atomic E-state index is -1.14. The highest BCUT2D eigenvalue weighted by molar-refractivity contribution is 5.97. The number of ether oxygens (including phenoxy) is 1. The first kappa shape index (κ1) is 14.5. The second-order valence-corrected chi connectivity index (χ2v) is 4.30. The van der Waals surface area contributed by atoms with Crippen molar-refractivity contribution in [2.24, 2.45) is 0 Å². The highest BCUT2D eigenvalue weighted by atomic mass is 16.5. The van der Waals surface area contributed by atoms with E-state index in [-0.39, 0.29) is 11.3 Å². The van der Waals surface area contributed by atoms with Gasteiger partial charge in [-0.2, -0.15) is 0 Å². The molecule has 0 radical (unpaired) electrons. The first-order chi connectivity index (χ1) is 10.1. The summed E-state index contributed by atoms with van der Waals surface area (Å²) in [5.74, 6) is -1.72. The molecule has 0 atom stereocenters. The SMILES string of the molecule is CC(=Cc1ccncc1)C(=O)Oc1ccccc1C(=O)O. The Kier molecular flexibility index (Phi) is 4.46. The maximum Gasteiger partial charge on any atom is 0.339 e. The van der Waals surface area contributed by atoms with Crippen molar-refractivity contribution in [2.45, 2.75) is 6.92 Å². The number of benzene rings is 1. The van der Waals surface area contributed by atoms with E-state index in [9.17, 15) is 9.59 Å². The molecule has 1 aromatic carbocycles. The molecular formula is C16H13NO4. The van der Waals surface area contributed by atoms with Gasteiger partial charge in [-0.05, 0) is 42.8 Å². The summed E-state index contributed by atoms with van der Waals surface area (Å²) in [4.78, 5) is 26.9. The zero-order valence-electron chi connectivity index (χ0n) is 11.3. The van der Waals surface area contributed by atoms with Crippen LogP contribution in [0.4, 0.5) is 0 Å². The molecule has 21 heavy (non-hydrogen) atoms. The molecule has 0 bridgehead atoms. The van der Waals surface area contributed by atoms with Crippen molar-refractivity contribution in [3.05, 3.63) is 65.5 Å². The topological polar surface area (TPSA) is 76.5 Å². The fourth-order valence-electron chi connectivity index (χ4n) is 1.68.